The predicted octanol–water partition coefficient (Wildman–Crippen LogP) is 2.25. The van der Waals surface area contributed by atoms with Crippen LogP contribution in [0, 0.1) is 10.8 Å². The van der Waals surface area contributed by atoms with Gasteiger partial charge in [-0.3, -0.25) is 4.79 Å². The molecule has 0 bridgehead atoms. The molecule has 0 radical (unpaired) electrons. The monoisotopic (exact) mass is 290 g/mol. The van der Waals surface area contributed by atoms with Gasteiger partial charge in [-0.25, -0.2) is 0 Å². The summed E-state index contributed by atoms with van der Waals surface area (Å²) in [7, 11) is 1.56. The molecule has 0 aromatic heterocycles. The van der Waals surface area contributed by atoms with Crippen LogP contribution in [0.25, 0.3) is 0 Å². The SMILES string of the molecule is COC(C(=O)NC1C(C)(C)C(N)C1(C)C)c1ccccc1. The Morgan fingerprint density at radius 1 is 1.19 bits per heavy atom. The zero-order valence-corrected chi connectivity index (χ0v) is 13.5. The second kappa shape index (κ2) is 5.43. The minimum atomic E-state index is -0.588. The molecule has 1 unspecified atom stereocenters. The van der Waals surface area contributed by atoms with E-state index in [9.17, 15) is 4.79 Å². The topological polar surface area (TPSA) is 64.3 Å². The van der Waals surface area contributed by atoms with Gasteiger partial charge in [-0.15, -0.1) is 0 Å². The minimum absolute atomic E-state index is 0.0360. The van der Waals surface area contributed by atoms with Gasteiger partial charge >= 0.3 is 0 Å². The predicted molar refractivity (Wildman–Crippen MR) is 83.7 cm³/mol. The number of nitrogens with two attached hydrogens (primary N) is 1. The van der Waals surface area contributed by atoms with Crippen LogP contribution in [0.4, 0.5) is 0 Å². The molecule has 1 saturated carbocycles. The van der Waals surface area contributed by atoms with Crippen LogP contribution in [0.15, 0.2) is 30.3 Å². The largest absolute Gasteiger partial charge is 0.367 e. The summed E-state index contributed by atoms with van der Waals surface area (Å²) in [5.41, 5.74) is 6.86. The van der Waals surface area contributed by atoms with Crippen molar-refractivity contribution in [1.82, 2.24) is 5.32 Å². The van der Waals surface area contributed by atoms with E-state index in [-0.39, 0.29) is 28.8 Å². The Kier molecular flexibility index (Phi) is 4.13. The summed E-state index contributed by atoms with van der Waals surface area (Å²) in [5.74, 6) is -0.109. The molecule has 4 nitrogen and oxygen atoms in total. The highest BCUT2D eigenvalue weighted by atomic mass is 16.5. The zero-order valence-electron chi connectivity index (χ0n) is 13.5. The number of hydrogen-bond acceptors (Lipinski definition) is 3. The molecule has 1 aromatic rings. The van der Waals surface area contributed by atoms with Crippen molar-refractivity contribution in [3.8, 4) is 0 Å². The first-order valence-corrected chi connectivity index (χ1v) is 7.36. The van der Waals surface area contributed by atoms with Gasteiger partial charge in [-0.1, -0.05) is 58.0 Å². The van der Waals surface area contributed by atoms with E-state index in [1.54, 1.807) is 7.11 Å². The molecule has 1 amide bonds. The van der Waals surface area contributed by atoms with Gasteiger partial charge in [0.1, 0.15) is 0 Å². The number of nitrogens with one attached hydrogen (secondary N) is 1. The molecule has 0 heterocycles. The van der Waals surface area contributed by atoms with Gasteiger partial charge in [-0.05, 0) is 5.56 Å². The van der Waals surface area contributed by atoms with Crippen molar-refractivity contribution in [3.05, 3.63) is 35.9 Å². The number of carbonyl (C=O) groups is 1. The maximum Gasteiger partial charge on any atom is 0.254 e. The van der Waals surface area contributed by atoms with E-state index in [2.05, 4.69) is 33.0 Å². The fourth-order valence-electron chi connectivity index (χ4n) is 3.79. The molecule has 0 saturated heterocycles. The lowest BCUT2D eigenvalue weighted by Gasteiger charge is -2.63. The van der Waals surface area contributed by atoms with Crippen molar-refractivity contribution in [1.29, 1.82) is 0 Å². The molecular formula is C17H26N2O2. The Morgan fingerprint density at radius 3 is 2.19 bits per heavy atom. The van der Waals surface area contributed by atoms with E-state index >= 15 is 0 Å². The van der Waals surface area contributed by atoms with E-state index in [1.807, 2.05) is 30.3 Å². The fraction of sp³-hybridized carbons (Fsp3) is 0.588. The van der Waals surface area contributed by atoms with E-state index in [0.717, 1.165) is 5.56 Å². The van der Waals surface area contributed by atoms with E-state index in [1.165, 1.54) is 0 Å². The first-order valence-electron chi connectivity index (χ1n) is 7.36. The third kappa shape index (κ3) is 2.58. The first-order chi connectivity index (χ1) is 9.72. The van der Waals surface area contributed by atoms with Crippen LogP contribution in [0.2, 0.25) is 0 Å². The second-order valence-electron chi connectivity index (χ2n) is 7.09. The van der Waals surface area contributed by atoms with E-state index in [4.69, 9.17) is 10.5 Å². The quantitative estimate of drug-likeness (QED) is 0.894. The average Bonchev–Trinajstić information content (AvgIpc) is 2.45. The molecule has 1 aromatic carbocycles. The standard InChI is InChI=1S/C17H26N2O2/c1-16(2)14(18)17(3,4)15(16)19-13(20)12(21-5)11-9-7-6-8-10-11/h6-10,12,14-15H,18H2,1-5H3,(H,19,20). The van der Waals surface area contributed by atoms with Crippen molar-refractivity contribution in [3.63, 3.8) is 0 Å². The summed E-state index contributed by atoms with van der Waals surface area (Å²) in [6.45, 7) is 8.38. The third-order valence-corrected chi connectivity index (χ3v) is 4.95. The normalized spacial score (nSPS) is 27.5. The number of amides is 1. The average molecular weight is 290 g/mol. The Hall–Kier alpha value is -1.39. The third-order valence-electron chi connectivity index (χ3n) is 4.95. The summed E-state index contributed by atoms with van der Waals surface area (Å²) in [6.07, 6.45) is -0.588. The number of benzene rings is 1. The van der Waals surface area contributed by atoms with Gasteiger partial charge in [0.2, 0.25) is 0 Å². The van der Waals surface area contributed by atoms with Gasteiger partial charge in [0.15, 0.2) is 6.10 Å². The Bertz CT molecular complexity index is 495. The van der Waals surface area contributed by atoms with Crippen LogP contribution in [0.3, 0.4) is 0 Å². The maximum atomic E-state index is 12.6. The molecule has 1 atom stereocenters. The second-order valence-corrected chi connectivity index (χ2v) is 7.09. The number of hydrogen-bond donors (Lipinski definition) is 2. The Morgan fingerprint density at radius 2 is 1.71 bits per heavy atom. The number of rotatable bonds is 4. The van der Waals surface area contributed by atoms with Crippen molar-refractivity contribution in [2.45, 2.75) is 45.9 Å². The highest BCUT2D eigenvalue weighted by Crippen LogP contribution is 2.52. The summed E-state index contributed by atoms with van der Waals surface area (Å²) < 4.78 is 5.39. The van der Waals surface area contributed by atoms with Crippen LogP contribution in [-0.4, -0.2) is 25.1 Å². The van der Waals surface area contributed by atoms with Gasteiger partial charge in [-0.2, -0.15) is 0 Å². The first kappa shape index (κ1) is 16.0. The summed E-state index contributed by atoms with van der Waals surface area (Å²) in [4.78, 5) is 12.6. The van der Waals surface area contributed by atoms with Gasteiger partial charge < -0.3 is 15.8 Å². The molecular weight excluding hydrogens is 264 g/mol. The summed E-state index contributed by atoms with van der Waals surface area (Å²) in [5, 5.41) is 3.13. The van der Waals surface area contributed by atoms with Crippen molar-refractivity contribution < 1.29 is 9.53 Å². The number of methoxy groups -OCH3 is 1. The highest BCUT2D eigenvalue weighted by Gasteiger charge is 2.60. The van der Waals surface area contributed by atoms with Crippen LogP contribution in [-0.2, 0) is 9.53 Å². The van der Waals surface area contributed by atoms with Crippen molar-refractivity contribution in [2.75, 3.05) is 7.11 Å². The van der Waals surface area contributed by atoms with Crippen LogP contribution in [0.1, 0.15) is 39.4 Å². The van der Waals surface area contributed by atoms with E-state index < -0.39 is 6.10 Å². The van der Waals surface area contributed by atoms with Crippen LogP contribution >= 0.6 is 0 Å². The summed E-state index contributed by atoms with van der Waals surface area (Å²) >= 11 is 0. The number of carbonyl (C=O) groups excluding carboxylic acids is 1. The molecule has 21 heavy (non-hydrogen) atoms. The maximum absolute atomic E-state index is 12.6. The van der Waals surface area contributed by atoms with E-state index in [0.29, 0.717) is 0 Å². The van der Waals surface area contributed by atoms with Crippen molar-refractivity contribution in [2.24, 2.45) is 16.6 Å². The van der Waals surface area contributed by atoms with Crippen molar-refractivity contribution >= 4 is 5.91 Å². The molecule has 3 N–H and O–H groups in total. The molecule has 1 aliphatic rings. The highest BCUT2D eigenvalue weighted by molar-refractivity contribution is 5.82. The summed E-state index contributed by atoms with van der Waals surface area (Å²) in [6, 6.07) is 9.63. The Labute approximate surface area is 127 Å². The lowest BCUT2D eigenvalue weighted by molar-refractivity contribution is -0.142. The molecule has 4 heteroatoms. The minimum Gasteiger partial charge on any atom is -0.367 e. The van der Waals surface area contributed by atoms with Gasteiger partial charge in [0, 0.05) is 30.0 Å². The molecule has 116 valence electrons. The van der Waals surface area contributed by atoms with Gasteiger partial charge in [0.25, 0.3) is 5.91 Å². The van der Waals surface area contributed by atoms with Gasteiger partial charge in [0.05, 0.1) is 0 Å². The van der Waals surface area contributed by atoms with Crippen LogP contribution in [0.5, 0.6) is 0 Å². The fourth-order valence-corrected chi connectivity index (χ4v) is 3.79. The number of ether oxygens (including phenoxy) is 1. The molecule has 1 aliphatic carbocycles. The van der Waals surface area contributed by atoms with Crippen LogP contribution < -0.4 is 11.1 Å². The Balaban J connectivity index is 2.14. The lowest BCUT2D eigenvalue weighted by Crippen LogP contribution is -2.76. The lowest BCUT2D eigenvalue weighted by atomic mass is 9.48. The smallest absolute Gasteiger partial charge is 0.254 e. The molecule has 0 aliphatic heterocycles. The molecule has 2 rings (SSSR count). The molecule has 1 fully saturated rings. The molecule has 0 spiro atoms. The zero-order chi connectivity index (χ0) is 15.8.